The number of carbonyl (C=O) groups excluding carboxylic acids is 1. The van der Waals surface area contributed by atoms with Crippen LogP contribution in [0, 0.1) is 0 Å². The second-order valence-electron chi connectivity index (χ2n) is 3.95. The lowest BCUT2D eigenvalue weighted by atomic mass is 10.1. The van der Waals surface area contributed by atoms with Crippen molar-refractivity contribution in [3.63, 3.8) is 0 Å². The summed E-state index contributed by atoms with van der Waals surface area (Å²) >= 11 is 0. The van der Waals surface area contributed by atoms with E-state index >= 15 is 0 Å². The Hall–Kier alpha value is -2.23. The van der Waals surface area contributed by atoms with Gasteiger partial charge in [0.05, 0.1) is 19.4 Å². The van der Waals surface area contributed by atoms with E-state index in [0.717, 1.165) is 11.3 Å². The minimum absolute atomic E-state index is 0.0893. The maximum atomic E-state index is 11.8. The Morgan fingerprint density at radius 1 is 1.28 bits per heavy atom. The van der Waals surface area contributed by atoms with E-state index in [9.17, 15) is 4.79 Å². The summed E-state index contributed by atoms with van der Waals surface area (Å²) in [7, 11) is 1.62. The number of hydrogen-bond acceptors (Lipinski definition) is 3. The summed E-state index contributed by atoms with van der Waals surface area (Å²) in [5, 5.41) is 2.86. The molecule has 94 valence electrons. The van der Waals surface area contributed by atoms with Gasteiger partial charge in [-0.05, 0) is 36.8 Å². The molecule has 0 radical (unpaired) electrons. The van der Waals surface area contributed by atoms with Crippen molar-refractivity contribution in [3.8, 4) is 5.75 Å². The molecule has 4 nitrogen and oxygen atoms in total. The number of carbonyl (C=O) groups is 1. The van der Waals surface area contributed by atoms with Crippen LogP contribution in [-0.2, 0) is 0 Å². The van der Waals surface area contributed by atoms with E-state index in [4.69, 9.17) is 9.15 Å². The molecule has 4 heteroatoms. The molecule has 18 heavy (non-hydrogen) atoms. The summed E-state index contributed by atoms with van der Waals surface area (Å²) in [6.45, 7) is 1.92. The normalized spacial score (nSPS) is 11.9. The van der Waals surface area contributed by atoms with Crippen LogP contribution in [0.2, 0.25) is 0 Å². The van der Waals surface area contributed by atoms with Gasteiger partial charge in [-0.25, -0.2) is 0 Å². The van der Waals surface area contributed by atoms with Crippen molar-refractivity contribution >= 4 is 5.91 Å². The van der Waals surface area contributed by atoms with Crippen LogP contribution in [0.3, 0.4) is 0 Å². The van der Waals surface area contributed by atoms with Crippen molar-refractivity contribution in [1.82, 2.24) is 5.32 Å². The predicted octanol–water partition coefficient (Wildman–Crippen LogP) is 2.78. The van der Waals surface area contributed by atoms with Crippen molar-refractivity contribution in [1.29, 1.82) is 0 Å². The quantitative estimate of drug-likeness (QED) is 0.901. The molecule has 0 aliphatic rings. The van der Waals surface area contributed by atoms with Gasteiger partial charge in [-0.3, -0.25) is 4.79 Å². The maximum absolute atomic E-state index is 11.8. The van der Waals surface area contributed by atoms with Gasteiger partial charge in [0.1, 0.15) is 5.75 Å². The van der Waals surface area contributed by atoms with Crippen LogP contribution in [0.1, 0.15) is 29.1 Å². The van der Waals surface area contributed by atoms with E-state index < -0.39 is 0 Å². The van der Waals surface area contributed by atoms with Gasteiger partial charge < -0.3 is 14.5 Å². The number of hydrogen-bond donors (Lipinski definition) is 1. The zero-order valence-corrected chi connectivity index (χ0v) is 10.3. The molecule has 0 bridgehead atoms. The first-order valence-electron chi connectivity index (χ1n) is 5.69. The van der Waals surface area contributed by atoms with Crippen molar-refractivity contribution < 1.29 is 13.9 Å². The molecule has 1 aromatic carbocycles. The van der Waals surface area contributed by atoms with E-state index in [1.54, 1.807) is 19.2 Å². The van der Waals surface area contributed by atoms with Gasteiger partial charge >= 0.3 is 0 Å². The Kier molecular flexibility index (Phi) is 3.67. The van der Waals surface area contributed by atoms with Crippen LogP contribution < -0.4 is 10.1 Å². The molecular weight excluding hydrogens is 230 g/mol. The van der Waals surface area contributed by atoms with Crippen molar-refractivity contribution in [2.75, 3.05) is 7.11 Å². The lowest BCUT2D eigenvalue weighted by Crippen LogP contribution is -2.26. The SMILES string of the molecule is COc1ccc([C@@H](C)NC(=O)c2ccco2)cc1. The molecule has 2 aromatic rings. The Bertz CT molecular complexity index is 502. The highest BCUT2D eigenvalue weighted by atomic mass is 16.5. The van der Waals surface area contributed by atoms with Crippen LogP contribution in [0.15, 0.2) is 47.1 Å². The highest BCUT2D eigenvalue weighted by Gasteiger charge is 2.13. The summed E-state index contributed by atoms with van der Waals surface area (Å²) < 4.78 is 10.1. The minimum Gasteiger partial charge on any atom is -0.497 e. The van der Waals surface area contributed by atoms with Gasteiger partial charge in [0.25, 0.3) is 5.91 Å². The fraction of sp³-hybridized carbons (Fsp3) is 0.214. The molecule has 1 heterocycles. The number of ether oxygens (including phenoxy) is 1. The first-order valence-corrected chi connectivity index (χ1v) is 5.69. The maximum Gasteiger partial charge on any atom is 0.287 e. The van der Waals surface area contributed by atoms with E-state index in [1.807, 2.05) is 31.2 Å². The van der Waals surface area contributed by atoms with E-state index in [-0.39, 0.29) is 11.9 Å². The fourth-order valence-corrected chi connectivity index (χ4v) is 1.65. The largest absolute Gasteiger partial charge is 0.497 e. The summed E-state index contributed by atoms with van der Waals surface area (Å²) in [6, 6.07) is 10.8. The zero-order valence-electron chi connectivity index (χ0n) is 10.3. The topological polar surface area (TPSA) is 51.5 Å². The highest BCUT2D eigenvalue weighted by Crippen LogP contribution is 2.17. The molecule has 0 saturated heterocycles. The van der Waals surface area contributed by atoms with E-state index in [0.29, 0.717) is 5.76 Å². The Morgan fingerprint density at radius 3 is 2.56 bits per heavy atom. The summed E-state index contributed by atoms with van der Waals surface area (Å²) in [6.07, 6.45) is 1.48. The average molecular weight is 245 g/mol. The highest BCUT2D eigenvalue weighted by molar-refractivity contribution is 5.91. The van der Waals surface area contributed by atoms with Gasteiger partial charge in [-0.15, -0.1) is 0 Å². The molecule has 0 saturated carbocycles. The van der Waals surface area contributed by atoms with E-state index in [2.05, 4.69) is 5.32 Å². The van der Waals surface area contributed by atoms with Gasteiger partial charge in [0.15, 0.2) is 5.76 Å². The lowest BCUT2D eigenvalue weighted by molar-refractivity contribution is 0.0912. The Morgan fingerprint density at radius 2 is 2.00 bits per heavy atom. The second kappa shape index (κ2) is 5.40. The number of nitrogens with one attached hydrogen (secondary N) is 1. The molecule has 1 amide bonds. The third-order valence-electron chi connectivity index (χ3n) is 2.71. The molecular formula is C14H15NO3. The Labute approximate surface area is 106 Å². The number of methoxy groups -OCH3 is 1. The monoisotopic (exact) mass is 245 g/mol. The zero-order chi connectivity index (χ0) is 13.0. The Balaban J connectivity index is 2.02. The molecule has 0 unspecified atom stereocenters. The van der Waals surface area contributed by atoms with Crippen LogP contribution >= 0.6 is 0 Å². The van der Waals surface area contributed by atoms with Gasteiger partial charge in [0, 0.05) is 0 Å². The van der Waals surface area contributed by atoms with Gasteiger partial charge in [-0.2, -0.15) is 0 Å². The van der Waals surface area contributed by atoms with E-state index in [1.165, 1.54) is 6.26 Å². The standard InChI is InChI=1S/C14H15NO3/c1-10(11-5-7-12(17-2)8-6-11)15-14(16)13-4-3-9-18-13/h3-10H,1-2H3,(H,15,16)/t10-/m1/s1. The third kappa shape index (κ3) is 2.71. The van der Waals surface area contributed by atoms with Crippen molar-refractivity contribution in [3.05, 3.63) is 54.0 Å². The molecule has 0 spiro atoms. The molecule has 1 atom stereocenters. The van der Waals surface area contributed by atoms with Crippen LogP contribution in [0.5, 0.6) is 5.75 Å². The van der Waals surface area contributed by atoms with Crippen LogP contribution in [0.4, 0.5) is 0 Å². The summed E-state index contributed by atoms with van der Waals surface area (Å²) in [5.74, 6) is 0.891. The summed E-state index contributed by atoms with van der Waals surface area (Å²) in [4.78, 5) is 11.8. The minimum atomic E-state index is -0.219. The average Bonchev–Trinajstić information content (AvgIpc) is 2.92. The second-order valence-corrected chi connectivity index (χ2v) is 3.95. The molecule has 2 rings (SSSR count). The predicted molar refractivity (Wildman–Crippen MR) is 67.6 cm³/mol. The molecule has 0 aliphatic carbocycles. The first kappa shape index (κ1) is 12.2. The van der Waals surface area contributed by atoms with Crippen molar-refractivity contribution in [2.45, 2.75) is 13.0 Å². The summed E-state index contributed by atoms with van der Waals surface area (Å²) in [5.41, 5.74) is 1.01. The number of amides is 1. The van der Waals surface area contributed by atoms with Crippen LogP contribution in [-0.4, -0.2) is 13.0 Å². The number of benzene rings is 1. The van der Waals surface area contributed by atoms with Gasteiger partial charge in [0.2, 0.25) is 0 Å². The third-order valence-corrected chi connectivity index (χ3v) is 2.71. The van der Waals surface area contributed by atoms with Gasteiger partial charge in [-0.1, -0.05) is 12.1 Å². The molecule has 0 aliphatic heterocycles. The first-order chi connectivity index (χ1) is 8.70. The molecule has 0 fully saturated rings. The van der Waals surface area contributed by atoms with Crippen molar-refractivity contribution in [2.24, 2.45) is 0 Å². The molecule has 1 aromatic heterocycles. The number of furan rings is 1. The number of rotatable bonds is 4. The fourth-order valence-electron chi connectivity index (χ4n) is 1.65. The van der Waals surface area contributed by atoms with Crippen LogP contribution in [0.25, 0.3) is 0 Å². The lowest BCUT2D eigenvalue weighted by Gasteiger charge is -2.13. The smallest absolute Gasteiger partial charge is 0.287 e. The molecule has 1 N–H and O–H groups in total.